The van der Waals surface area contributed by atoms with Gasteiger partial charge in [0.2, 0.25) is 0 Å². The van der Waals surface area contributed by atoms with Crippen molar-refractivity contribution in [2.45, 2.75) is 119 Å². The van der Waals surface area contributed by atoms with Crippen molar-refractivity contribution in [1.29, 1.82) is 0 Å². The Morgan fingerprint density at radius 1 is 0.857 bits per heavy atom. The molecule has 1 heteroatoms. The van der Waals surface area contributed by atoms with E-state index in [1.807, 2.05) is 13.8 Å². The molecule has 0 aliphatic heterocycles. The standard InChI is InChI=1S/C19H27N.C13H20.C2H6/c1-14(2)17-11-12-19(16(5)13-17)20(15(3)4)18-9-7-6-8-10-18;1-4-7-11-8-9-12(5-2)13(6-3)10-11;1-2/h11-13,18H,1,3,6-10H2,2,4-5H3;8-10H,4-7H2,1-3H3;1-2H3. The van der Waals surface area contributed by atoms with Crippen LogP contribution in [0.4, 0.5) is 5.69 Å². The van der Waals surface area contributed by atoms with Gasteiger partial charge in [-0.25, -0.2) is 0 Å². The molecule has 2 aromatic carbocycles. The molecule has 2 aromatic rings. The number of anilines is 1. The zero-order chi connectivity index (χ0) is 26.4. The average Bonchev–Trinajstić information content (AvgIpc) is 2.87. The second-order valence-corrected chi connectivity index (χ2v) is 9.74. The lowest BCUT2D eigenvalue weighted by atomic mass is 9.92. The van der Waals surface area contributed by atoms with E-state index < -0.39 is 0 Å². The Kier molecular flexibility index (Phi) is 14.4. The minimum absolute atomic E-state index is 0.621. The lowest BCUT2D eigenvalue weighted by Gasteiger charge is -2.37. The van der Waals surface area contributed by atoms with Gasteiger partial charge in [-0.3, -0.25) is 0 Å². The first kappa shape index (κ1) is 30.8. The van der Waals surface area contributed by atoms with Crippen molar-refractivity contribution in [3.63, 3.8) is 0 Å². The number of hydrogen-bond acceptors (Lipinski definition) is 1. The monoisotopic (exact) mass is 475 g/mol. The summed E-state index contributed by atoms with van der Waals surface area (Å²) in [5.74, 6) is 0. The second kappa shape index (κ2) is 16.4. The SMILES string of the molecule is C=C(C)c1ccc(N(C(=C)C)C2CCCCC2)c(C)c1.CC.CCCc1ccc(CC)c(CC)c1. The average molecular weight is 476 g/mol. The fourth-order valence-corrected chi connectivity index (χ4v) is 5.04. The molecule has 0 aromatic heterocycles. The van der Waals surface area contributed by atoms with Crippen LogP contribution in [-0.2, 0) is 19.3 Å². The quantitative estimate of drug-likeness (QED) is 0.367. The van der Waals surface area contributed by atoms with Crippen LogP contribution >= 0.6 is 0 Å². The van der Waals surface area contributed by atoms with Crippen LogP contribution in [0.2, 0.25) is 0 Å². The van der Waals surface area contributed by atoms with Gasteiger partial charge in [-0.05, 0) is 92.8 Å². The van der Waals surface area contributed by atoms with E-state index >= 15 is 0 Å². The Hall–Kier alpha value is -2.28. The summed E-state index contributed by atoms with van der Waals surface area (Å²) < 4.78 is 0. The smallest absolute Gasteiger partial charge is 0.0440 e. The highest BCUT2D eigenvalue weighted by atomic mass is 15.2. The number of rotatable bonds is 8. The van der Waals surface area contributed by atoms with Crippen molar-refractivity contribution in [3.8, 4) is 0 Å². The minimum Gasteiger partial charge on any atom is -0.343 e. The fourth-order valence-electron chi connectivity index (χ4n) is 5.04. The molecule has 1 fully saturated rings. The number of aryl methyl sites for hydroxylation is 4. The maximum absolute atomic E-state index is 4.21. The van der Waals surface area contributed by atoms with Gasteiger partial charge in [-0.2, -0.15) is 0 Å². The van der Waals surface area contributed by atoms with Crippen LogP contribution in [0.5, 0.6) is 0 Å². The molecular weight excluding hydrogens is 422 g/mol. The van der Waals surface area contributed by atoms with Crippen LogP contribution in [-0.4, -0.2) is 6.04 Å². The summed E-state index contributed by atoms with van der Waals surface area (Å²) in [5.41, 5.74) is 10.7. The third-order valence-electron chi connectivity index (χ3n) is 6.87. The zero-order valence-corrected chi connectivity index (χ0v) is 24.3. The van der Waals surface area contributed by atoms with Crippen LogP contribution < -0.4 is 4.90 Å². The van der Waals surface area contributed by atoms with Gasteiger partial charge in [-0.1, -0.05) is 103 Å². The lowest BCUT2D eigenvalue weighted by molar-refractivity contribution is 0.429. The van der Waals surface area contributed by atoms with Crippen molar-refractivity contribution in [1.82, 2.24) is 0 Å². The lowest BCUT2D eigenvalue weighted by Crippen LogP contribution is -2.35. The van der Waals surface area contributed by atoms with Crippen LogP contribution in [0.1, 0.15) is 115 Å². The van der Waals surface area contributed by atoms with Gasteiger partial charge in [-0.15, -0.1) is 0 Å². The van der Waals surface area contributed by atoms with Gasteiger partial charge < -0.3 is 4.90 Å². The molecule has 35 heavy (non-hydrogen) atoms. The molecule has 0 bridgehead atoms. The number of hydrogen-bond donors (Lipinski definition) is 0. The molecule has 0 unspecified atom stereocenters. The summed E-state index contributed by atoms with van der Waals surface area (Å²) in [4.78, 5) is 2.46. The summed E-state index contributed by atoms with van der Waals surface area (Å²) in [6.07, 6.45) is 11.4. The van der Waals surface area contributed by atoms with E-state index in [0.29, 0.717) is 6.04 Å². The fraction of sp³-hybridized carbons (Fsp3) is 0.529. The molecule has 0 spiro atoms. The Bertz CT molecular complexity index is 914. The van der Waals surface area contributed by atoms with Crippen molar-refractivity contribution in [3.05, 3.63) is 83.1 Å². The highest BCUT2D eigenvalue weighted by Crippen LogP contribution is 2.33. The van der Waals surface area contributed by atoms with E-state index in [0.717, 1.165) is 17.7 Å². The predicted octanol–water partition coefficient (Wildman–Crippen LogP) is 10.5. The molecule has 194 valence electrons. The van der Waals surface area contributed by atoms with Gasteiger partial charge in [0.25, 0.3) is 0 Å². The molecule has 3 rings (SSSR count). The molecule has 1 saturated carbocycles. The van der Waals surface area contributed by atoms with Gasteiger partial charge in [0.1, 0.15) is 0 Å². The highest BCUT2D eigenvalue weighted by Gasteiger charge is 2.23. The Morgan fingerprint density at radius 2 is 1.49 bits per heavy atom. The van der Waals surface area contributed by atoms with E-state index in [9.17, 15) is 0 Å². The molecule has 1 aliphatic rings. The number of allylic oxidation sites excluding steroid dienone is 2. The Morgan fingerprint density at radius 3 is 1.97 bits per heavy atom. The van der Waals surface area contributed by atoms with Crippen LogP contribution in [0.3, 0.4) is 0 Å². The first-order chi connectivity index (χ1) is 16.8. The molecular formula is C34H53N. The summed E-state index contributed by atoms with van der Waals surface area (Å²) in [5, 5.41) is 0. The molecule has 1 aliphatic carbocycles. The molecule has 0 atom stereocenters. The minimum atomic E-state index is 0.621. The largest absolute Gasteiger partial charge is 0.343 e. The molecule has 0 radical (unpaired) electrons. The topological polar surface area (TPSA) is 3.24 Å². The van der Waals surface area contributed by atoms with E-state index in [1.54, 1.807) is 0 Å². The van der Waals surface area contributed by atoms with Crippen molar-refractivity contribution < 1.29 is 0 Å². The van der Waals surface area contributed by atoms with Gasteiger partial charge in [0.15, 0.2) is 0 Å². The zero-order valence-electron chi connectivity index (χ0n) is 24.3. The first-order valence-electron chi connectivity index (χ1n) is 14.1. The van der Waals surface area contributed by atoms with Crippen molar-refractivity contribution in [2.24, 2.45) is 0 Å². The van der Waals surface area contributed by atoms with Gasteiger partial charge >= 0.3 is 0 Å². The van der Waals surface area contributed by atoms with Crippen LogP contribution in [0.25, 0.3) is 5.57 Å². The van der Waals surface area contributed by atoms with E-state index in [1.165, 1.54) is 84.9 Å². The first-order valence-corrected chi connectivity index (χ1v) is 14.1. The van der Waals surface area contributed by atoms with E-state index in [-0.39, 0.29) is 0 Å². The van der Waals surface area contributed by atoms with E-state index in [4.69, 9.17) is 0 Å². The number of nitrogens with zero attached hydrogens (tertiary/aromatic N) is 1. The molecule has 0 N–H and O–H groups in total. The van der Waals surface area contributed by atoms with E-state index in [2.05, 4.69) is 96.0 Å². The van der Waals surface area contributed by atoms with Crippen LogP contribution in [0, 0.1) is 6.92 Å². The third kappa shape index (κ3) is 9.36. The van der Waals surface area contributed by atoms with Crippen molar-refractivity contribution >= 4 is 11.3 Å². The van der Waals surface area contributed by atoms with Crippen molar-refractivity contribution in [2.75, 3.05) is 4.90 Å². The normalized spacial score (nSPS) is 13.1. The molecule has 1 nitrogen and oxygen atoms in total. The third-order valence-corrected chi connectivity index (χ3v) is 6.87. The van der Waals surface area contributed by atoms with Crippen LogP contribution in [0.15, 0.2) is 55.3 Å². The summed E-state index contributed by atoms with van der Waals surface area (Å²) >= 11 is 0. The Labute approximate surface area is 218 Å². The summed E-state index contributed by atoms with van der Waals surface area (Å²) in [6.45, 7) is 25.3. The second-order valence-electron chi connectivity index (χ2n) is 9.74. The van der Waals surface area contributed by atoms with Gasteiger partial charge in [0, 0.05) is 17.4 Å². The van der Waals surface area contributed by atoms with Gasteiger partial charge in [0.05, 0.1) is 0 Å². The summed E-state index contributed by atoms with van der Waals surface area (Å²) in [7, 11) is 0. The number of benzene rings is 2. The molecule has 0 amide bonds. The molecule has 0 saturated heterocycles. The highest BCUT2D eigenvalue weighted by molar-refractivity contribution is 5.67. The predicted molar refractivity (Wildman–Crippen MR) is 161 cm³/mol. The molecule has 0 heterocycles. The Balaban J connectivity index is 0.000000354. The maximum atomic E-state index is 4.21. The maximum Gasteiger partial charge on any atom is 0.0440 e. The summed E-state index contributed by atoms with van der Waals surface area (Å²) in [6, 6.07) is 14.2.